The summed E-state index contributed by atoms with van der Waals surface area (Å²) in [5, 5.41) is 3.52. The molecular formula is C14H30N2O. The summed E-state index contributed by atoms with van der Waals surface area (Å²) in [7, 11) is 2.24. The van der Waals surface area contributed by atoms with Gasteiger partial charge in [0.15, 0.2) is 0 Å². The molecule has 4 atom stereocenters. The number of nitrogens with zero attached hydrogens (tertiary/aromatic N) is 1. The van der Waals surface area contributed by atoms with Gasteiger partial charge < -0.3 is 10.1 Å². The third-order valence-corrected chi connectivity index (χ3v) is 4.17. The van der Waals surface area contributed by atoms with Crippen molar-refractivity contribution in [1.82, 2.24) is 10.2 Å². The molecule has 0 aromatic rings. The Morgan fingerprint density at radius 1 is 1.29 bits per heavy atom. The van der Waals surface area contributed by atoms with Crippen molar-refractivity contribution in [2.45, 2.75) is 65.3 Å². The van der Waals surface area contributed by atoms with E-state index in [4.69, 9.17) is 4.74 Å². The maximum atomic E-state index is 5.66. The number of ether oxygens (including phenoxy) is 1. The molecule has 0 radical (unpaired) electrons. The first-order valence-corrected chi connectivity index (χ1v) is 7.00. The molecule has 1 aliphatic heterocycles. The van der Waals surface area contributed by atoms with Crippen molar-refractivity contribution in [2.24, 2.45) is 5.92 Å². The van der Waals surface area contributed by atoms with Gasteiger partial charge in [0.2, 0.25) is 0 Å². The van der Waals surface area contributed by atoms with E-state index in [9.17, 15) is 0 Å². The molecule has 1 N–H and O–H groups in total. The Balaban J connectivity index is 2.41. The SMILES string of the molecule is CC(C)NCC(C)C(C)N(C)C1CCOC1C. The van der Waals surface area contributed by atoms with E-state index in [1.165, 1.54) is 6.42 Å². The Morgan fingerprint density at radius 2 is 1.94 bits per heavy atom. The molecule has 1 rings (SSSR count). The minimum absolute atomic E-state index is 0.382. The van der Waals surface area contributed by atoms with Crippen molar-refractivity contribution < 1.29 is 4.74 Å². The van der Waals surface area contributed by atoms with Gasteiger partial charge in [0, 0.05) is 24.7 Å². The quantitative estimate of drug-likeness (QED) is 0.772. The lowest BCUT2D eigenvalue weighted by molar-refractivity contribution is 0.0591. The van der Waals surface area contributed by atoms with Gasteiger partial charge in [-0.05, 0) is 39.8 Å². The van der Waals surface area contributed by atoms with Crippen LogP contribution in [0.25, 0.3) is 0 Å². The average Bonchev–Trinajstić information content (AvgIpc) is 2.70. The van der Waals surface area contributed by atoms with Gasteiger partial charge >= 0.3 is 0 Å². The van der Waals surface area contributed by atoms with Crippen LogP contribution in [0.4, 0.5) is 0 Å². The van der Waals surface area contributed by atoms with Crippen molar-refractivity contribution in [2.75, 3.05) is 20.2 Å². The van der Waals surface area contributed by atoms with Gasteiger partial charge in [-0.25, -0.2) is 0 Å². The van der Waals surface area contributed by atoms with E-state index in [1.807, 2.05) is 0 Å². The lowest BCUT2D eigenvalue weighted by Gasteiger charge is -2.36. The molecule has 1 aliphatic rings. The largest absolute Gasteiger partial charge is 0.377 e. The summed E-state index contributed by atoms with van der Waals surface area (Å²) in [6.07, 6.45) is 1.56. The van der Waals surface area contributed by atoms with Crippen LogP contribution in [0.3, 0.4) is 0 Å². The Labute approximate surface area is 107 Å². The van der Waals surface area contributed by atoms with Crippen LogP contribution in [0.2, 0.25) is 0 Å². The summed E-state index contributed by atoms with van der Waals surface area (Å²) in [6.45, 7) is 13.3. The molecule has 3 nitrogen and oxygen atoms in total. The molecule has 17 heavy (non-hydrogen) atoms. The molecule has 1 saturated heterocycles. The van der Waals surface area contributed by atoms with E-state index < -0.39 is 0 Å². The molecule has 0 amide bonds. The second-order valence-corrected chi connectivity index (χ2v) is 5.88. The lowest BCUT2D eigenvalue weighted by atomic mass is 9.99. The normalized spacial score (nSPS) is 28.9. The van der Waals surface area contributed by atoms with Crippen LogP contribution in [0.5, 0.6) is 0 Å². The fourth-order valence-electron chi connectivity index (χ4n) is 2.55. The molecule has 0 saturated carbocycles. The van der Waals surface area contributed by atoms with Crippen LogP contribution in [-0.2, 0) is 4.74 Å². The lowest BCUT2D eigenvalue weighted by Crippen LogP contribution is -2.47. The molecule has 1 fully saturated rings. The van der Waals surface area contributed by atoms with E-state index in [1.54, 1.807) is 0 Å². The van der Waals surface area contributed by atoms with Crippen molar-refractivity contribution >= 4 is 0 Å². The Bertz CT molecular complexity index is 220. The zero-order valence-corrected chi connectivity index (χ0v) is 12.4. The third kappa shape index (κ3) is 4.23. The predicted molar refractivity (Wildman–Crippen MR) is 73.3 cm³/mol. The molecule has 0 aromatic heterocycles. The number of hydrogen-bond donors (Lipinski definition) is 1. The first kappa shape index (κ1) is 14.9. The first-order chi connectivity index (χ1) is 7.93. The van der Waals surface area contributed by atoms with Gasteiger partial charge in [0.25, 0.3) is 0 Å². The summed E-state index contributed by atoms with van der Waals surface area (Å²) < 4.78 is 5.66. The van der Waals surface area contributed by atoms with E-state index in [0.29, 0.717) is 30.1 Å². The highest BCUT2D eigenvalue weighted by Gasteiger charge is 2.31. The van der Waals surface area contributed by atoms with Crippen molar-refractivity contribution in [3.05, 3.63) is 0 Å². The van der Waals surface area contributed by atoms with Crippen LogP contribution in [0, 0.1) is 5.92 Å². The zero-order valence-electron chi connectivity index (χ0n) is 12.4. The molecule has 1 heterocycles. The molecule has 0 aliphatic carbocycles. The van der Waals surface area contributed by atoms with Gasteiger partial charge in [-0.2, -0.15) is 0 Å². The second kappa shape index (κ2) is 6.72. The van der Waals surface area contributed by atoms with Crippen molar-refractivity contribution in [1.29, 1.82) is 0 Å². The fourth-order valence-corrected chi connectivity index (χ4v) is 2.55. The molecule has 0 bridgehead atoms. The Hall–Kier alpha value is -0.120. The molecule has 4 unspecified atom stereocenters. The van der Waals surface area contributed by atoms with Crippen LogP contribution >= 0.6 is 0 Å². The minimum Gasteiger partial charge on any atom is -0.377 e. The number of hydrogen-bond acceptors (Lipinski definition) is 3. The Kier molecular flexibility index (Phi) is 5.90. The summed E-state index contributed by atoms with van der Waals surface area (Å²) >= 11 is 0. The number of rotatable bonds is 6. The average molecular weight is 242 g/mol. The first-order valence-electron chi connectivity index (χ1n) is 7.00. The molecule has 0 spiro atoms. The van der Waals surface area contributed by atoms with E-state index in [0.717, 1.165) is 13.2 Å². The smallest absolute Gasteiger partial charge is 0.0703 e. The van der Waals surface area contributed by atoms with Gasteiger partial charge in [-0.15, -0.1) is 0 Å². The second-order valence-electron chi connectivity index (χ2n) is 5.88. The number of likely N-dealkylation sites (N-methyl/N-ethyl adjacent to an activating group) is 1. The van der Waals surface area contributed by atoms with Crippen LogP contribution in [-0.4, -0.2) is 49.3 Å². The van der Waals surface area contributed by atoms with E-state index >= 15 is 0 Å². The van der Waals surface area contributed by atoms with E-state index in [-0.39, 0.29) is 0 Å². The summed E-state index contributed by atoms with van der Waals surface area (Å²) in [4.78, 5) is 2.50. The van der Waals surface area contributed by atoms with Gasteiger partial charge in [0.1, 0.15) is 0 Å². The highest BCUT2D eigenvalue weighted by atomic mass is 16.5. The molecule has 3 heteroatoms. The highest BCUT2D eigenvalue weighted by molar-refractivity contribution is 4.85. The summed E-state index contributed by atoms with van der Waals surface area (Å²) in [5.74, 6) is 0.662. The predicted octanol–water partition coefficient (Wildman–Crippen LogP) is 2.12. The topological polar surface area (TPSA) is 24.5 Å². The van der Waals surface area contributed by atoms with Gasteiger partial charge in [-0.1, -0.05) is 20.8 Å². The molecular weight excluding hydrogens is 212 g/mol. The van der Waals surface area contributed by atoms with Gasteiger partial charge in [0.05, 0.1) is 6.10 Å². The maximum absolute atomic E-state index is 5.66. The zero-order chi connectivity index (χ0) is 13.0. The number of nitrogens with one attached hydrogen (secondary N) is 1. The van der Waals surface area contributed by atoms with Gasteiger partial charge in [-0.3, -0.25) is 4.90 Å². The fraction of sp³-hybridized carbons (Fsp3) is 1.00. The van der Waals surface area contributed by atoms with Crippen LogP contribution in [0.1, 0.15) is 41.0 Å². The van der Waals surface area contributed by atoms with Crippen molar-refractivity contribution in [3.63, 3.8) is 0 Å². The highest BCUT2D eigenvalue weighted by Crippen LogP contribution is 2.22. The molecule has 0 aromatic carbocycles. The minimum atomic E-state index is 0.382. The van der Waals surface area contributed by atoms with E-state index in [2.05, 4.69) is 51.9 Å². The van der Waals surface area contributed by atoms with Crippen LogP contribution < -0.4 is 5.32 Å². The molecule has 102 valence electrons. The summed E-state index contributed by atoms with van der Waals surface area (Å²) in [5.41, 5.74) is 0. The third-order valence-electron chi connectivity index (χ3n) is 4.17. The summed E-state index contributed by atoms with van der Waals surface area (Å²) in [6, 6.07) is 1.76. The standard InChI is InChI=1S/C14H30N2O/c1-10(2)15-9-11(3)12(4)16(6)14-7-8-17-13(14)5/h10-15H,7-9H2,1-6H3. The monoisotopic (exact) mass is 242 g/mol. The maximum Gasteiger partial charge on any atom is 0.0703 e. The van der Waals surface area contributed by atoms with Crippen LogP contribution in [0.15, 0.2) is 0 Å². The Morgan fingerprint density at radius 3 is 2.41 bits per heavy atom. The van der Waals surface area contributed by atoms with Crippen molar-refractivity contribution in [3.8, 4) is 0 Å².